The normalized spacial score (nSPS) is 12.7. The van der Waals surface area contributed by atoms with Crippen molar-refractivity contribution in [2.75, 3.05) is 0 Å². The minimum atomic E-state index is 0.174. The second-order valence-electron chi connectivity index (χ2n) is 5.29. The van der Waals surface area contributed by atoms with Crippen molar-refractivity contribution in [2.24, 2.45) is 0 Å². The van der Waals surface area contributed by atoms with Crippen molar-refractivity contribution in [3.8, 4) is 0 Å². The predicted molar refractivity (Wildman–Crippen MR) is 83.0 cm³/mol. The molecule has 4 nitrogen and oxygen atoms in total. The summed E-state index contributed by atoms with van der Waals surface area (Å²) in [4.78, 5) is 8.84. The fourth-order valence-electron chi connectivity index (χ4n) is 2.34. The highest BCUT2D eigenvalue weighted by Crippen LogP contribution is 2.19. The molecule has 0 fully saturated rings. The first-order valence-corrected chi connectivity index (χ1v) is 7.46. The molecule has 0 aliphatic rings. The smallest absolute Gasteiger partial charge is 0.185 e. The van der Waals surface area contributed by atoms with Crippen molar-refractivity contribution >= 4 is 11.0 Å². The standard InChI is InChI=1S/C17H19N4/c1-3-4-10-16-18-11-15-12-21(20-17(15)19-16)13(2)14-8-6-5-7-9-14/h5-9,12-13H,3-4,10H2,1-2H3. The Kier molecular flexibility index (Phi) is 3.95. The van der Waals surface area contributed by atoms with Crippen molar-refractivity contribution in [3.05, 3.63) is 54.1 Å². The molecule has 0 amide bonds. The van der Waals surface area contributed by atoms with Crippen LogP contribution in [0.1, 0.15) is 44.1 Å². The van der Waals surface area contributed by atoms with E-state index in [4.69, 9.17) is 0 Å². The number of nitrogens with zero attached hydrogens (tertiary/aromatic N) is 4. The molecular formula is C17H19N4. The molecule has 0 saturated heterocycles. The molecule has 4 heteroatoms. The van der Waals surface area contributed by atoms with Crippen molar-refractivity contribution in [3.63, 3.8) is 0 Å². The molecule has 0 spiro atoms. The van der Waals surface area contributed by atoms with Crippen molar-refractivity contribution in [1.29, 1.82) is 0 Å². The maximum atomic E-state index is 4.59. The first-order valence-electron chi connectivity index (χ1n) is 7.46. The molecule has 2 aromatic heterocycles. The maximum Gasteiger partial charge on any atom is 0.185 e. The van der Waals surface area contributed by atoms with E-state index >= 15 is 0 Å². The Labute approximate surface area is 124 Å². The van der Waals surface area contributed by atoms with Crippen LogP contribution < -0.4 is 0 Å². The fraction of sp³-hybridized carbons (Fsp3) is 0.353. The van der Waals surface area contributed by atoms with Gasteiger partial charge in [0.2, 0.25) is 0 Å². The van der Waals surface area contributed by atoms with Crippen LogP contribution in [-0.2, 0) is 6.42 Å². The summed E-state index contributed by atoms with van der Waals surface area (Å²) in [7, 11) is 0. The second-order valence-corrected chi connectivity index (χ2v) is 5.29. The quantitative estimate of drug-likeness (QED) is 0.717. The predicted octanol–water partition coefficient (Wildman–Crippen LogP) is 3.58. The maximum absolute atomic E-state index is 4.59. The lowest BCUT2D eigenvalue weighted by Gasteiger charge is -2.11. The van der Waals surface area contributed by atoms with E-state index in [1.54, 1.807) is 0 Å². The summed E-state index contributed by atoms with van der Waals surface area (Å²) in [6, 6.07) is 10.5. The fourth-order valence-corrected chi connectivity index (χ4v) is 2.34. The number of fused-ring (bicyclic) bond motifs is 1. The van der Waals surface area contributed by atoms with Gasteiger partial charge in [0.25, 0.3) is 0 Å². The third kappa shape index (κ3) is 2.94. The van der Waals surface area contributed by atoms with Crippen LogP contribution >= 0.6 is 0 Å². The highest BCUT2D eigenvalue weighted by molar-refractivity contribution is 5.72. The van der Waals surface area contributed by atoms with E-state index in [-0.39, 0.29) is 6.04 Å². The Morgan fingerprint density at radius 2 is 2.05 bits per heavy atom. The Balaban J connectivity index is 1.90. The monoisotopic (exact) mass is 279 g/mol. The van der Waals surface area contributed by atoms with Crippen LogP contribution in [0, 0.1) is 6.20 Å². The van der Waals surface area contributed by atoms with Gasteiger partial charge in [-0.3, -0.25) is 4.68 Å². The van der Waals surface area contributed by atoms with Gasteiger partial charge in [-0.25, -0.2) is 9.97 Å². The van der Waals surface area contributed by atoms with E-state index in [0.717, 1.165) is 36.1 Å². The van der Waals surface area contributed by atoms with Gasteiger partial charge in [-0.05, 0) is 18.9 Å². The summed E-state index contributed by atoms with van der Waals surface area (Å²) < 4.78 is 1.94. The Hall–Kier alpha value is -2.23. The molecule has 0 aliphatic heterocycles. The number of rotatable bonds is 5. The van der Waals surface area contributed by atoms with Crippen LogP contribution in [0.2, 0.25) is 0 Å². The zero-order valence-electron chi connectivity index (χ0n) is 12.5. The summed E-state index contributed by atoms with van der Waals surface area (Å²) in [6.07, 6.45) is 8.16. The van der Waals surface area contributed by atoms with Crippen LogP contribution in [-0.4, -0.2) is 19.7 Å². The van der Waals surface area contributed by atoms with Gasteiger partial charge in [-0.15, -0.1) is 0 Å². The summed E-state index contributed by atoms with van der Waals surface area (Å²) in [6.45, 7) is 4.30. The molecule has 0 saturated carbocycles. The summed E-state index contributed by atoms with van der Waals surface area (Å²) in [5.74, 6) is 0.835. The first-order chi connectivity index (χ1) is 10.3. The highest BCUT2D eigenvalue weighted by Gasteiger charge is 2.11. The number of benzene rings is 1. The Bertz CT molecular complexity index is 718. The van der Waals surface area contributed by atoms with Crippen LogP contribution in [0.4, 0.5) is 0 Å². The molecule has 1 unspecified atom stereocenters. The zero-order chi connectivity index (χ0) is 14.7. The topological polar surface area (TPSA) is 43.6 Å². The number of hydrogen-bond donors (Lipinski definition) is 0. The summed E-state index contributed by atoms with van der Waals surface area (Å²) in [5, 5.41) is 5.47. The van der Waals surface area contributed by atoms with E-state index in [0.29, 0.717) is 0 Å². The molecule has 3 rings (SSSR count). The number of aryl methyl sites for hydroxylation is 1. The van der Waals surface area contributed by atoms with Crippen molar-refractivity contribution < 1.29 is 0 Å². The molecule has 0 aliphatic carbocycles. The van der Waals surface area contributed by atoms with Gasteiger partial charge in [-0.2, -0.15) is 5.10 Å². The number of aromatic nitrogens is 4. The van der Waals surface area contributed by atoms with Gasteiger partial charge in [0.05, 0.1) is 11.4 Å². The zero-order valence-corrected chi connectivity index (χ0v) is 12.5. The van der Waals surface area contributed by atoms with Crippen LogP contribution in [0.5, 0.6) is 0 Å². The van der Waals surface area contributed by atoms with E-state index in [1.807, 2.05) is 29.1 Å². The highest BCUT2D eigenvalue weighted by atomic mass is 15.3. The summed E-state index contributed by atoms with van der Waals surface area (Å²) in [5.41, 5.74) is 1.96. The molecule has 107 valence electrons. The molecule has 1 radical (unpaired) electrons. The van der Waals surface area contributed by atoms with E-state index < -0.39 is 0 Å². The van der Waals surface area contributed by atoms with Crippen LogP contribution in [0.3, 0.4) is 0 Å². The van der Waals surface area contributed by atoms with Crippen LogP contribution in [0.15, 0.2) is 36.5 Å². The van der Waals surface area contributed by atoms with Crippen molar-refractivity contribution in [2.45, 2.75) is 39.2 Å². The van der Waals surface area contributed by atoms with Gasteiger partial charge in [0, 0.05) is 12.6 Å². The van der Waals surface area contributed by atoms with Gasteiger partial charge in [-0.1, -0.05) is 43.7 Å². The average molecular weight is 279 g/mol. The minimum Gasteiger partial charge on any atom is -0.263 e. The molecule has 2 heterocycles. The Morgan fingerprint density at radius 1 is 1.24 bits per heavy atom. The molecule has 1 atom stereocenters. The van der Waals surface area contributed by atoms with Crippen molar-refractivity contribution in [1.82, 2.24) is 19.7 Å². The lowest BCUT2D eigenvalue weighted by atomic mass is 10.1. The lowest BCUT2D eigenvalue weighted by Crippen LogP contribution is -2.06. The van der Waals surface area contributed by atoms with E-state index in [2.05, 4.69) is 47.2 Å². The third-order valence-electron chi connectivity index (χ3n) is 3.69. The second kappa shape index (κ2) is 6.04. The molecule has 0 bridgehead atoms. The van der Waals surface area contributed by atoms with Gasteiger partial charge in [0.1, 0.15) is 12.0 Å². The first kappa shape index (κ1) is 13.7. The van der Waals surface area contributed by atoms with Gasteiger partial charge < -0.3 is 0 Å². The molecular weight excluding hydrogens is 260 g/mol. The van der Waals surface area contributed by atoms with E-state index in [1.165, 1.54) is 5.56 Å². The molecule has 1 aromatic carbocycles. The third-order valence-corrected chi connectivity index (χ3v) is 3.69. The largest absolute Gasteiger partial charge is 0.263 e. The molecule has 21 heavy (non-hydrogen) atoms. The number of unbranched alkanes of at least 4 members (excludes halogenated alkanes) is 1. The molecule has 0 N–H and O–H groups in total. The van der Waals surface area contributed by atoms with Crippen LogP contribution in [0.25, 0.3) is 11.0 Å². The van der Waals surface area contributed by atoms with Gasteiger partial charge in [0.15, 0.2) is 5.65 Å². The SMILES string of the molecule is CCCCc1n[c]c2cn(C(C)c3ccccc3)nc2n1. The summed E-state index contributed by atoms with van der Waals surface area (Å²) >= 11 is 0. The minimum absolute atomic E-state index is 0.174. The Morgan fingerprint density at radius 3 is 2.81 bits per heavy atom. The number of hydrogen-bond acceptors (Lipinski definition) is 3. The average Bonchev–Trinajstić information content (AvgIpc) is 2.96. The molecule has 3 aromatic rings. The van der Waals surface area contributed by atoms with E-state index in [9.17, 15) is 0 Å². The van der Waals surface area contributed by atoms with Gasteiger partial charge >= 0.3 is 0 Å². The lowest BCUT2D eigenvalue weighted by molar-refractivity contribution is 0.568.